The molecule has 3 nitrogen and oxygen atoms in total. The molecule has 1 heterocycles. The van der Waals surface area contributed by atoms with E-state index in [2.05, 4.69) is 46.3 Å². The molecular weight excluding hydrogens is 246 g/mol. The summed E-state index contributed by atoms with van der Waals surface area (Å²) in [5.41, 5.74) is 2.36. The topological polar surface area (TPSA) is 29.9 Å². The van der Waals surface area contributed by atoms with Gasteiger partial charge in [0.15, 0.2) is 0 Å². The highest BCUT2D eigenvalue weighted by molar-refractivity contribution is 6.17. The number of para-hydroxylation sites is 1. The highest BCUT2D eigenvalue weighted by atomic mass is 35.5. The van der Waals surface area contributed by atoms with Gasteiger partial charge in [-0.2, -0.15) is 5.10 Å². The lowest BCUT2D eigenvalue weighted by Gasteiger charge is -2.01. The zero-order valence-electron chi connectivity index (χ0n) is 10.8. The molecule has 2 aromatic rings. The van der Waals surface area contributed by atoms with Crippen LogP contribution in [0.3, 0.4) is 0 Å². The lowest BCUT2D eigenvalue weighted by molar-refractivity contribution is 0.612. The van der Waals surface area contributed by atoms with Crippen molar-refractivity contribution in [1.29, 1.82) is 0 Å². The van der Waals surface area contributed by atoms with Gasteiger partial charge in [0.25, 0.3) is 0 Å². The molecule has 0 spiro atoms. The van der Waals surface area contributed by atoms with Gasteiger partial charge in [-0.3, -0.25) is 4.68 Å². The lowest BCUT2D eigenvalue weighted by atomic mass is 10.2. The number of halogens is 1. The van der Waals surface area contributed by atoms with Gasteiger partial charge in [-0.15, -0.1) is 11.6 Å². The van der Waals surface area contributed by atoms with Crippen molar-refractivity contribution in [1.82, 2.24) is 15.1 Å². The van der Waals surface area contributed by atoms with Crippen molar-refractivity contribution in [2.24, 2.45) is 0 Å². The summed E-state index contributed by atoms with van der Waals surface area (Å²) in [6.07, 6.45) is 2.19. The molecule has 1 N–H and O–H groups in total. The molecule has 0 atom stereocenters. The third kappa shape index (κ3) is 3.03. The summed E-state index contributed by atoms with van der Waals surface area (Å²) in [6, 6.07) is 8.40. The van der Waals surface area contributed by atoms with Crippen LogP contribution in [0, 0.1) is 0 Å². The van der Waals surface area contributed by atoms with Crippen LogP contribution in [-0.2, 0) is 13.1 Å². The molecule has 0 radical (unpaired) electrons. The van der Waals surface area contributed by atoms with E-state index in [0.29, 0.717) is 0 Å². The fourth-order valence-electron chi connectivity index (χ4n) is 2.12. The van der Waals surface area contributed by atoms with E-state index in [9.17, 15) is 0 Å². The molecule has 0 saturated heterocycles. The van der Waals surface area contributed by atoms with Gasteiger partial charge in [0.2, 0.25) is 0 Å². The van der Waals surface area contributed by atoms with Crippen molar-refractivity contribution in [2.45, 2.75) is 32.9 Å². The Morgan fingerprint density at radius 1 is 1.28 bits per heavy atom. The molecule has 18 heavy (non-hydrogen) atoms. The van der Waals surface area contributed by atoms with Gasteiger partial charge >= 0.3 is 0 Å². The summed E-state index contributed by atoms with van der Waals surface area (Å²) >= 11 is 5.65. The van der Waals surface area contributed by atoms with E-state index >= 15 is 0 Å². The molecule has 0 aliphatic heterocycles. The number of aryl methyl sites for hydroxylation is 1. The molecule has 0 bridgehead atoms. The monoisotopic (exact) mass is 265 g/mol. The van der Waals surface area contributed by atoms with E-state index in [4.69, 9.17) is 11.6 Å². The van der Waals surface area contributed by atoms with Crippen LogP contribution in [0.5, 0.6) is 0 Å². The number of hydrogen-bond donors (Lipinski definition) is 1. The van der Waals surface area contributed by atoms with Crippen LogP contribution in [0.15, 0.2) is 24.3 Å². The Balaban J connectivity index is 2.04. The predicted molar refractivity (Wildman–Crippen MR) is 77.1 cm³/mol. The number of nitrogens with one attached hydrogen (secondary N) is 1. The second kappa shape index (κ2) is 6.76. The Labute approximate surface area is 113 Å². The maximum atomic E-state index is 5.65. The maximum absolute atomic E-state index is 5.65. The van der Waals surface area contributed by atoms with Gasteiger partial charge in [-0.25, -0.2) is 0 Å². The normalized spacial score (nSPS) is 11.2. The van der Waals surface area contributed by atoms with E-state index in [0.717, 1.165) is 44.0 Å². The second-order valence-corrected chi connectivity index (χ2v) is 4.73. The Morgan fingerprint density at radius 3 is 2.89 bits per heavy atom. The van der Waals surface area contributed by atoms with Gasteiger partial charge in [-0.05, 0) is 32.4 Å². The molecule has 1 aromatic heterocycles. The molecular formula is C14H20ClN3. The van der Waals surface area contributed by atoms with Crippen molar-refractivity contribution in [3.8, 4) is 0 Å². The Kier molecular flexibility index (Phi) is 5.02. The first-order valence-electron chi connectivity index (χ1n) is 6.58. The summed E-state index contributed by atoms with van der Waals surface area (Å²) < 4.78 is 2.06. The zero-order valence-corrected chi connectivity index (χ0v) is 11.6. The van der Waals surface area contributed by atoms with Crippen molar-refractivity contribution in [3.63, 3.8) is 0 Å². The first kappa shape index (κ1) is 13.4. The molecule has 0 unspecified atom stereocenters. The van der Waals surface area contributed by atoms with Crippen LogP contribution in [-0.4, -0.2) is 22.2 Å². The number of nitrogens with zero attached hydrogens (tertiary/aromatic N) is 2. The molecule has 0 aliphatic rings. The van der Waals surface area contributed by atoms with Crippen molar-refractivity contribution >= 4 is 22.5 Å². The Hall–Kier alpha value is -1.06. The summed E-state index contributed by atoms with van der Waals surface area (Å²) in [5, 5.41) is 9.34. The molecule has 2 rings (SSSR count). The average Bonchev–Trinajstić information content (AvgIpc) is 2.77. The SMILES string of the molecule is CCn1nc(CNCCCCCl)c2ccccc21. The van der Waals surface area contributed by atoms with Gasteiger partial charge in [0, 0.05) is 24.4 Å². The van der Waals surface area contributed by atoms with Crippen LogP contribution in [0.2, 0.25) is 0 Å². The van der Waals surface area contributed by atoms with Crippen molar-refractivity contribution in [2.75, 3.05) is 12.4 Å². The minimum Gasteiger partial charge on any atom is -0.311 e. The number of hydrogen-bond acceptors (Lipinski definition) is 2. The van der Waals surface area contributed by atoms with Crippen molar-refractivity contribution in [3.05, 3.63) is 30.0 Å². The van der Waals surface area contributed by atoms with Crippen LogP contribution < -0.4 is 5.32 Å². The van der Waals surface area contributed by atoms with Crippen LogP contribution >= 0.6 is 11.6 Å². The quantitative estimate of drug-likeness (QED) is 0.616. The van der Waals surface area contributed by atoms with Gasteiger partial charge < -0.3 is 5.32 Å². The van der Waals surface area contributed by atoms with Gasteiger partial charge in [0.05, 0.1) is 11.2 Å². The molecule has 1 aromatic carbocycles. The standard InChI is InChI=1S/C14H20ClN3/c1-2-18-14-8-4-3-7-12(14)13(17-18)11-16-10-6-5-9-15/h3-4,7-8,16H,2,5-6,9-11H2,1H3. The van der Waals surface area contributed by atoms with Crippen LogP contribution in [0.4, 0.5) is 0 Å². The van der Waals surface area contributed by atoms with Crippen LogP contribution in [0.25, 0.3) is 10.9 Å². The van der Waals surface area contributed by atoms with Crippen LogP contribution in [0.1, 0.15) is 25.5 Å². The number of benzene rings is 1. The predicted octanol–water partition coefficient (Wildman–Crippen LogP) is 3.16. The number of rotatable bonds is 7. The number of alkyl halides is 1. The van der Waals surface area contributed by atoms with E-state index < -0.39 is 0 Å². The average molecular weight is 266 g/mol. The smallest absolute Gasteiger partial charge is 0.0841 e. The zero-order chi connectivity index (χ0) is 12.8. The maximum Gasteiger partial charge on any atom is 0.0841 e. The first-order chi connectivity index (χ1) is 8.86. The fraction of sp³-hybridized carbons (Fsp3) is 0.500. The molecule has 0 fully saturated rings. The first-order valence-corrected chi connectivity index (χ1v) is 7.11. The van der Waals surface area contributed by atoms with E-state index in [1.807, 2.05) is 0 Å². The minimum atomic E-state index is 0.745. The fourth-order valence-corrected chi connectivity index (χ4v) is 2.31. The third-order valence-electron chi connectivity index (χ3n) is 3.06. The highest BCUT2D eigenvalue weighted by Crippen LogP contribution is 2.18. The number of aromatic nitrogens is 2. The molecule has 98 valence electrons. The summed E-state index contributed by atoms with van der Waals surface area (Å²) in [4.78, 5) is 0. The summed E-state index contributed by atoms with van der Waals surface area (Å²) in [6.45, 7) is 4.86. The van der Waals surface area contributed by atoms with E-state index in [1.165, 1.54) is 10.9 Å². The minimum absolute atomic E-state index is 0.745. The van der Waals surface area contributed by atoms with Crippen molar-refractivity contribution < 1.29 is 0 Å². The Bertz CT molecular complexity index is 493. The number of unbranched alkanes of at least 4 members (excludes halogenated alkanes) is 1. The summed E-state index contributed by atoms with van der Waals surface area (Å²) in [7, 11) is 0. The molecule has 0 aliphatic carbocycles. The Morgan fingerprint density at radius 2 is 2.11 bits per heavy atom. The van der Waals surface area contributed by atoms with E-state index in [-0.39, 0.29) is 0 Å². The molecule has 0 amide bonds. The third-order valence-corrected chi connectivity index (χ3v) is 3.33. The number of fused-ring (bicyclic) bond motifs is 1. The molecule has 0 saturated carbocycles. The molecule has 4 heteroatoms. The van der Waals surface area contributed by atoms with E-state index in [1.54, 1.807) is 0 Å². The second-order valence-electron chi connectivity index (χ2n) is 4.35. The van der Waals surface area contributed by atoms with Gasteiger partial charge in [0.1, 0.15) is 0 Å². The summed E-state index contributed by atoms with van der Waals surface area (Å²) in [5.74, 6) is 0.745. The van der Waals surface area contributed by atoms with Gasteiger partial charge in [-0.1, -0.05) is 18.2 Å². The lowest BCUT2D eigenvalue weighted by Crippen LogP contribution is -2.15. The largest absolute Gasteiger partial charge is 0.311 e. The highest BCUT2D eigenvalue weighted by Gasteiger charge is 2.07.